The molecule has 3 nitrogen and oxygen atoms in total. The first-order valence-electron chi connectivity index (χ1n) is 6.93. The zero-order valence-corrected chi connectivity index (χ0v) is 13.1. The van der Waals surface area contributed by atoms with Gasteiger partial charge in [0.05, 0.1) is 18.2 Å². The lowest BCUT2D eigenvalue weighted by atomic mass is 10.1. The number of anilines is 1. The molecule has 0 heterocycles. The molecule has 0 bridgehead atoms. The molecule has 0 atom stereocenters. The van der Waals surface area contributed by atoms with Crippen molar-refractivity contribution >= 4 is 24.2 Å². The SMILES string of the molecule is Cl.N#Cc1ccc(/C=C/CCCOc2ccc(N)cc2)cc1. The molecule has 0 saturated heterocycles. The standard InChI is InChI=1S/C18H18N2O.ClH/c19-14-16-7-5-15(6-8-16)4-2-1-3-13-21-18-11-9-17(20)10-12-18;/h2,4-12H,1,3,13,20H2;1H/b4-2+;. The molecular formula is C18H19ClN2O. The Bertz CT molecular complexity index is 628. The molecular weight excluding hydrogens is 296 g/mol. The highest BCUT2D eigenvalue weighted by atomic mass is 35.5. The van der Waals surface area contributed by atoms with E-state index < -0.39 is 0 Å². The number of halogens is 1. The number of nitrogens with two attached hydrogens (primary N) is 1. The minimum absolute atomic E-state index is 0. The van der Waals surface area contributed by atoms with Crippen LogP contribution < -0.4 is 10.5 Å². The Morgan fingerprint density at radius 1 is 1.05 bits per heavy atom. The summed E-state index contributed by atoms with van der Waals surface area (Å²) in [6.45, 7) is 0.682. The summed E-state index contributed by atoms with van der Waals surface area (Å²) in [6.07, 6.45) is 6.09. The minimum Gasteiger partial charge on any atom is -0.494 e. The molecule has 22 heavy (non-hydrogen) atoms. The first-order valence-corrected chi connectivity index (χ1v) is 6.93. The molecule has 2 aromatic rings. The molecule has 114 valence electrons. The predicted molar refractivity (Wildman–Crippen MR) is 93.0 cm³/mol. The van der Waals surface area contributed by atoms with Gasteiger partial charge in [0.15, 0.2) is 0 Å². The topological polar surface area (TPSA) is 59.0 Å². The number of hydrogen-bond acceptors (Lipinski definition) is 3. The van der Waals surface area contributed by atoms with Gasteiger partial charge in [-0.15, -0.1) is 12.4 Å². The van der Waals surface area contributed by atoms with E-state index in [1.165, 1.54) is 0 Å². The van der Waals surface area contributed by atoms with Gasteiger partial charge < -0.3 is 10.5 Å². The Kier molecular flexibility index (Phi) is 7.60. The van der Waals surface area contributed by atoms with E-state index in [4.69, 9.17) is 15.7 Å². The number of allylic oxidation sites excluding steroid dienone is 1. The van der Waals surface area contributed by atoms with Gasteiger partial charge in [-0.25, -0.2) is 0 Å². The molecule has 0 saturated carbocycles. The summed E-state index contributed by atoms with van der Waals surface area (Å²) in [5.41, 5.74) is 8.14. The quantitative estimate of drug-likeness (QED) is 0.633. The zero-order valence-electron chi connectivity index (χ0n) is 12.2. The van der Waals surface area contributed by atoms with Gasteiger partial charge in [-0.1, -0.05) is 24.3 Å². The Hall–Kier alpha value is -2.44. The number of unbranched alkanes of at least 4 members (excludes halogenated alkanes) is 1. The Morgan fingerprint density at radius 2 is 1.73 bits per heavy atom. The lowest BCUT2D eigenvalue weighted by Gasteiger charge is -2.04. The van der Waals surface area contributed by atoms with Crippen LogP contribution in [0, 0.1) is 11.3 Å². The molecule has 2 N–H and O–H groups in total. The van der Waals surface area contributed by atoms with Crippen molar-refractivity contribution in [2.24, 2.45) is 0 Å². The van der Waals surface area contributed by atoms with E-state index in [9.17, 15) is 0 Å². The summed E-state index contributed by atoms with van der Waals surface area (Å²) in [4.78, 5) is 0. The largest absolute Gasteiger partial charge is 0.494 e. The summed E-state index contributed by atoms with van der Waals surface area (Å²) in [6, 6.07) is 17.1. The molecule has 0 radical (unpaired) electrons. The van der Waals surface area contributed by atoms with Crippen LogP contribution in [0.15, 0.2) is 54.6 Å². The van der Waals surface area contributed by atoms with E-state index in [1.807, 2.05) is 48.5 Å². The Balaban J connectivity index is 0.00000242. The van der Waals surface area contributed by atoms with Gasteiger partial charge in [-0.2, -0.15) is 5.26 Å². The number of nitriles is 1. The average Bonchev–Trinajstić information content (AvgIpc) is 2.53. The molecule has 0 aliphatic carbocycles. The van der Waals surface area contributed by atoms with Crippen molar-refractivity contribution in [1.29, 1.82) is 5.26 Å². The fraction of sp³-hybridized carbons (Fsp3) is 0.167. The number of nitrogen functional groups attached to an aromatic ring is 1. The third-order valence-electron chi connectivity index (χ3n) is 3.01. The normalized spacial score (nSPS) is 9.95. The van der Waals surface area contributed by atoms with Crippen LogP contribution in [0.2, 0.25) is 0 Å². The minimum atomic E-state index is 0. The third-order valence-corrected chi connectivity index (χ3v) is 3.01. The van der Waals surface area contributed by atoms with Gasteiger partial charge in [-0.3, -0.25) is 0 Å². The fourth-order valence-corrected chi connectivity index (χ4v) is 1.84. The molecule has 0 spiro atoms. The van der Waals surface area contributed by atoms with Crippen molar-refractivity contribution in [3.63, 3.8) is 0 Å². The number of hydrogen-bond donors (Lipinski definition) is 1. The van der Waals surface area contributed by atoms with Crippen molar-refractivity contribution in [2.75, 3.05) is 12.3 Å². The number of nitrogens with zero attached hydrogens (tertiary/aromatic N) is 1. The lowest BCUT2D eigenvalue weighted by Crippen LogP contribution is -1.96. The van der Waals surface area contributed by atoms with Crippen LogP contribution in [0.5, 0.6) is 5.75 Å². The van der Waals surface area contributed by atoms with Gasteiger partial charge in [0.25, 0.3) is 0 Å². The summed E-state index contributed by atoms with van der Waals surface area (Å²) < 4.78 is 5.62. The molecule has 0 unspecified atom stereocenters. The summed E-state index contributed by atoms with van der Waals surface area (Å²) in [5.74, 6) is 0.847. The van der Waals surface area contributed by atoms with Crippen molar-refractivity contribution in [3.8, 4) is 11.8 Å². The molecule has 0 aliphatic rings. The predicted octanol–water partition coefficient (Wildman–Crippen LogP) is 4.43. The van der Waals surface area contributed by atoms with E-state index in [0.29, 0.717) is 12.2 Å². The van der Waals surface area contributed by atoms with Crippen LogP contribution in [0.1, 0.15) is 24.0 Å². The molecule has 0 amide bonds. The van der Waals surface area contributed by atoms with Gasteiger partial charge in [0.2, 0.25) is 0 Å². The van der Waals surface area contributed by atoms with Crippen LogP contribution in [-0.2, 0) is 0 Å². The van der Waals surface area contributed by atoms with Gasteiger partial charge in [-0.05, 0) is 54.8 Å². The van der Waals surface area contributed by atoms with E-state index in [1.54, 1.807) is 0 Å². The highest BCUT2D eigenvalue weighted by molar-refractivity contribution is 5.85. The van der Waals surface area contributed by atoms with Crippen molar-refractivity contribution in [1.82, 2.24) is 0 Å². The van der Waals surface area contributed by atoms with E-state index in [-0.39, 0.29) is 12.4 Å². The van der Waals surface area contributed by atoms with Crippen LogP contribution in [0.4, 0.5) is 5.69 Å². The van der Waals surface area contributed by atoms with E-state index in [0.717, 1.165) is 29.8 Å². The van der Waals surface area contributed by atoms with Crippen molar-refractivity contribution in [2.45, 2.75) is 12.8 Å². The fourth-order valence-electron chi connectivity index (χ4n) is 1.84. The monoisotopic (exact) mass is 314 g/mol. The highest BCUT2D eigenvalue weighted by Crippen LogP contribution is 2.13. The third kappa shape index (κ3) is 5.90. The summed E-state index contributed by atoms with van der Waals surface area (Å²) in [5, 5.41) is 8.72. The number of ether oxygens (including phenoxy) is 1. The molecule has 2 aromatic carbocycles. The number of benzene rings is 2. The maximum absolute atomic E-state index is 8.72. The molecule has 2 rings (SSSR count). The van der Waals surface area contributed by atoms with Crippen LogP contribution in [-0.4, -0.2) is 6.61 Å². The van der Waals surface area contributed by atoms with Crippen LogP contribution in [0.25, 0.3) is 6.08 Å². The second-order valence-electron chi connectivity index (χ2n) is 4.70. The first-order chi connectivity index (χ1) is 10.3. The van der Waals surface area contributed by atoms with Crippen molar-refractivity contribution in [3.05, 3.63) is 65.7 Å². The summed E-state index contributed by atoms with van der Waals surface area (Å²) in [7, 11) is 0. The second kappa shape index (κ2) is 9.49. The van der Waals surface area contributed by atoms with Crippen LogP contribution >= 0.6 is 12.4 Å². The average molecular weight is 315 g/mol. The smallest absolute Gasteiger partial charge is 0.119 e. The van der Waals surface area contributed by atoms with Gasteiger partial charge in [0, 0.05) is 5.69 Å². The number of rotatable bonds is 6. The van der Waals surface area contributed by atoms with E-state index in [2.05, 4.69) is 18.2 Å². The van der Waals surface area contributed by atoms with E-state index >= 15 is 0 Å². The Labute approximate surface area is 137 Å². The zero-order chi connectivity index (χ0) is 14.9. The molecule has 0 fully saturated rings. The second-order valence-corrected chi connectivity index (χ2v) is 4.70. The maximum Gasteiger partial charge on any atom is 0.119 e. The lowest BCUT2D eigenvalue weighted by molar-refractivity contribution is 0.312. The molecule has 0 aromatic heterocycles. The maximum atomic E-state index is 8.72. The van der Waals surface area contributed by atoms with Crippen molar-refractivity contribution < 1.29 is 4.74 Å². The molecule has 0 aliphatic heterocycles. The van der Waals surface area contributed by atoms with Crippen LogP contribution in [0.3, 0.4) is 0 Å². The van der Waals surface area contributed by atoms with Gasteiger partial charge >= 0.3 is 0 Å². The first kappa shape index (κ1) is 17.6. The summed E-state index contributed by atoms with van der Waals surface area (Å²) >= 11 is 0. The van der Waals surface area contributed by atoms with Gasteiger partial charge in [0.1, 0.15) is 5.75 Å². The highest BCUT2D eigenvalue weighted by Gasteiger charge is 1.93. The molecule has 4 heteroatoms. The Morgan fingerprint density at radius 3 is 2.36 bits per heavy atom.